The van der Waals surface area contributed by atoms with Crippen LogP contribution in [0.4, 0.5) is 8.78 Å². The van der Waals surface area contributed by atoms with Crippen LogP contribution >= 0.6 is 11.8 Å². The number of carbonyl (C=O) groups excluding carboxylic acids is 2. The third-order valence-corrected chi connectivity index (χ3v) is 4.19. The van der Waals surface area contributed by atoms with Gasteiger partial charge in [-0.2, -0.15) is 0 Å². The molecule has 122 valence electrons. The minimum atomic E-state index is -0.695. The zero-order chi connectivity index (χ0) is 16.7. The molecule has 0 N–H and O–H groups in total. The van der Waals surface area contributed by atoms with E-state index in [4.69, 9.17) is 0 Å². The molecule has 2 amide bonds. The Hall–Kier alpha value is -1.63. The van der Waals surface area contributed by atoms with E-state index in [-0.39, 0.29) is 29.0 Å². The molecule has 4 nitrogen and oxygen atoms in total. The van der Waals surface area contributed by atoms with Gasteiger partial charge in [0.1, 0.15) is 11.6 Å². The summed E-state index contributed by atoms with van der Waals surface area (Å²) in [7, 11) is 1.53. The van der Waals surface area contributed by atoms with Gasteiger partial charge in [0, 0.05) is 31.1 Å². The number of hydrogen-bond acceptors (Lipinski definition) is 3. The number of amides is 2. The van der Waals surface area contributed by atoms with E-state index >= 15 is 0 Å². The number of rotatable bonds is 7. The third kappa shape index (κ3) is 5.29. The Balaban J connectivity index is 2.52. The highest BCUT2D eigenvalue weighted by Gasteiger charge is 2.17. The summed E-state index contributed by atoms with van der Waals surface area (Å²) in [5, 5.41) is 0. The predicted molar refractivity (Wildman–Crippen MR) is 82.6 cm³/mol. The highest BCUT2D eigenvalue weighted by Crippen LogP contribution is 2.22. The van der Waals surface area contributed by atoms with Crippen molar-refractivity contribution < 1.29 is 18.4 Å². The van der Waals surface area contributed by atoms with Crippen molar-refractivity contribution >= 4 is 23.6 Å². The lowest BCUT2D eigenvalue weighted by molar-refractivity contribution is -0.137. The number of carbonyl (C=O) groups is 2. The largest absolute Gasteiger partial charge is 0.342 e. The second-order valence-electron chi connectivity index (χ2n) is 4.68. The van der Waals surface area contributed by atoms with Gasteiger partial charge in [0.25, 0.3) is 0 Å². The molecule has 0 radical (unpaired) electrons. The second kappa shape index (κ2) is 8.73. The fraction of sp³-hybridized carbons (Fsp3) is 0.467. The Morgan fingerprint density at radius 2 is 1.77 bits per heavy atom. The average Bonchev–Trinajstić information content (AvgIpc) is 2.47. The first-order chi connectivity index (χ1) is 10.4. The molecule has 1 aromatic rings. The molecule has 0 aliphatic carbocycles. The molecule has 0 aromatic heterocycles. The van der Waals surface area contributed by atoms with Crippen molar-refractivity contribution in [3.8, 4) is 0 Å². The molecule has 1 aromatic carbocycles. The molecule has 0 bridgehead atoms. The number of halogens is 2. The normalized spacial score (nSPS) is 10.4. The number of benzene rings is 1. The zero-order valence-electron chi connectivity index (χ0n) is 12.9. The quantitative estimate of drug-likeness (QED) is 0.721. The Morgan fingerprint density at radius 3 is 2.32 bits per heavy atom. The van der Waals surface area contributed by atoms with E-state index in [1.807, 2.05) is 13.8 Å². The highest BCUT2D eigenvalue weighted by atomic mass is 32.2. The van der Waals surface area contributed by atoms with E-state index in [2.05, 4.69) is 0 Å². The van der Waals surface area contributed by atoms with Crippen LogP contribution in [-0.2, 0) is 9.59 Å². The summed E-state index contributed by atoms with van der Waals surface area (Å²) in [5.74, 6) is -1.77. The van der Waals surface area contributed by atoms with Gasteiger partial charge in [-0.05, 0) is 26.0 Å². The van der Waals surface area contributed by atoms with Gasteiger partial charge in [-0.25, -0.2) is 8.78 Å². The van der Waals surface area contributed by atoms with Crippen molar-refractivity contribution in [3.05, 3.63) is 29.8 Å². The summed E-state index contributed by atoms with van der Waals surface area (Å²) in [6, 6.07) is 3.22. The fourth-order valence-electron chi connectivity index (χ4n) is 1.81. The van der Waals surface area contributed by atoms with Crippen LogP contribution in [0.1, 0.15) is 13.8 Å². The first-order valence-electron chi connectivity index (χ1n) is 6.98. The molecule has 0 heterocycles. The first kappa shape index (κ1) is 18.4. The average molecular weight is 330 g/mol. The molecule has 0 aliphatic rings. The van der Waals surface area contributed by atoms with Crippen molar-refractivity contribution in [2.24, 2.45) is 0 Å². The molecule has 0 unspecified atom stereocenters. The summed E-state index contributed by atoms with van der Waals surface area (Å²) < 4.78 is 26.3. The Bertz CT molecular complexity index is 536. The van der Waals surface area contributed by atoms with Crippen LogP contribution in [0.15, 0.2) is 23.1 Å². The molecule has 1 rings (SSSR count). The SMILES string of the molecule is CCN(CC)C(=O)CN(C)C(=O)CSc1ccc(F)cc1F. The Labute approximate surface area is 133 Å². The molecule has 22 heavy (non-hydrogen) atoms. The van der Waals surface area contributed by atoms with Crippen molar-refractivity contribution in [2.75, 3.05) is 32.4 Å². The van der Waals surface area contributed by atoms with Gasteiger partial charge in [-0.15, -0.1) is 11.8 Å². The summed E-state index contributed by atoms with van der Waals surface area (Å²) >= 11 is 0.981. The second-order valence-corrected chi connectivity index (χ2v) is 5.70. The van der Waals surface area contributed by atoms with Crippen molar-refractivity contribution in [2.45, 2.75) is 18.7 Å². The van der Waals surface area contributed by atoms with E-state index in [0.29, 0.717) is 13.1 Å². The summed E-state index contributed by atoms with van der Waals surface area (Å²) in [6.07, 6.45) is 0. The number of thioether (sulfide) groups is 1. The fourth-order valence-corrected chi connectivity index (χ4v) is 2.67. The molecule has 0 fully saturated rings. The van der Waals surface area contributed by atoms with Crippen LogP contribution in [0, 0.1) is 11.6 Å². The van der Waals surface area contributed by atoms with E-state index in [1.54, 1.807) is 4.90 Å². The van der Waals surface area contributed by atoms with Crippen LogP contribution in [0.3, 0.4) is 0 Å². The summed E-state index contributed by atoms with van der Waals surface area (Å²) in [6.45, 7) is 4.92. The predicted octanol–water partition coefficient (Wildman–Crippen LogP) is 2.38. The number of likely N-dealkylation sites (N-methyl/N-ethyl adjacent to an activating group) is 2. The standard InChI is InChI=1S/C15H20F2N2O2S/c1-4-19(5-2)14(20)9-18(3)15(21)10-22-13-7-6-11(16)8-12(13)17/h6-8H,4-5,9-10H2,1-3H3. The van der Waals surface area contributed by atoms with Crippen LogP contribution in [-0.4, -0.2) is 54.0 Å². The molecule has 7 heteroatoms. The van der Waals surface area contributed by atoms with Gasteiger partial charge < -0.3 is 9.80 Å². The Morgan fingerprint density at radius 1 is 1.14 bits per heavy atom. The number of hydrogen-bond donors (Lipinski definition) is 0. The Kier molecular flexibility index (Phi) is 7.31. The lowest BCUT2D eigenvalue weighted by atomic mass is 10.3. The van der Waals surface area contributed by atoms with Crippen molar-refractivity contribution in [1.29, 1.82) is 0 Å². The van der Waals surface area contributed by atoms with Crippen LogP contribution < -0.4 is 0 Å². The third-order valence-electron chi connectivity index (χ3n) is 3.16. The van der Waals surface area contributed by atoms with Crippen molar-refractivity contribution in [1.82, 2.24) is 9.80 Å². The van der Waals surface area contributed by atoms with E-state index in [9.17, 15) is 18.4 Å². The van der Waals surface area contributed by atoms with Crippen molar-refractivity contribution in [3.63, 3.8) is 0 Å². The van der Waals surface area contributed by atoms with Gasteiger partial charge in [-0.1, -0.05) is 0 Å². The van der Waals surface area contributed by atoms with Gasteiger partial charge in [-0.3, -0.25) is 9.59 Å². The monoisotopic (exact) mass is 330 g/mol. The lowest BCUT2D eigenvalue weighted by Gasteiger charge is -2.23. The topological polar surface area (TPSA) is 40.6 Å². The van der Waals surface area contributed by atoms with E-state index < -0.39 is 11.6 Å². The molecular weight excluding hydrogens is 310 g/mol. The minimum absolute atomic E-state index is 0.00697. The smallest absolute Gasteiger partial charge is 0.242 e. The van der Waals surface area contributed by atoms with Gasteiger partial charge in [0.05, 0.1) is 12.3 Å². The molecular formula is C15H20F2N2O2S. The van der Waals surface area contributed by atoms with E-state index in [1.165, 1.54) is 18.0 Å². The zero-order valence-corrected chi connectivity index (χ0v) is 13.8. The number of nitrogens with zero attached hydrogens (tertiary/aromatic N) is 2. The lowest BCUT2D eigenvalue weighted by Crippen LogP contribution is -2.41. The summed E-state index contributed by atoms with van der Waals surface area (Å²) in [4.78, 5) is 27.0. The molecule has 0 aliphatic heterocycles. The summed E-state index contributed by atoms with van der Waals surface area (Å²) in [5.41, 5.74) is 0. The van der Waals surface area contributed by atoms with Gasteiger partial charge in [0.15, 0.2) is 0 Å². The van der Waals surface area contributed by atoms with Crippen LogP contribution in [0.25, 0.3) is 0 Å². The highest BCUT2D eigenvalue weighted by molar-refractivity contribution is 8.00. The molecule has 0 saturated heterocycles. The van der Waals surface area contributed by atoms with Crippen LogP contribution in [0.2, 0.25) is 0 Å². The maximum atomic E-state index is 13.5. The molecule has 0 atom stereocenters. The maximum Gasteiger partial charge on any atom is 0.242 e. The molecule has 0 saturated carbocycles. The maximum absolute atomic E-state index is 13.5. The van der Waals surface area contributed by atoms with E-state index in [0.717, 1.165) is 23.9 Å². The minimum Gasteiger partial charge on any atom is -0.342 e. The first-order valence-corrected chi connectivity index (χ1v) is 7.97. The van der Waals surface area contributed by atoms with Gasteiger partial charge >= 0.3 is 0 Å². The molecule has 0 spiro atoms. The van der Waals surface area contributed by atoms with Gasteiger partial charge in [0.2, 0.25) is 11.8 Å². The van der Waals surface area contributed by atoms with Crippen LogP contribution in [0.5, 0.6) is 0 Å².